The van der Waals surface area contributed by atoms with E-state index in [0.717, 1.165) is 59.4 Å². The molecule has 188 valence electrons. The van der Waals surface area contributed by atoms with E-state index in [4.69, 9.17) is 9.72 Å². The van der Waals surface area contributed by atoms with Gasteiger partial charge in [-0.15, -0.1) is 0 Å². The third kappa shape index (κ3) is 6.61. The van der Waals surface area contributed by atoms with E-state index in [9.17, 15) is 4.79 Å². The second kappa shape index (κ2) is 12.5. The van der Waals surface area contributed by atoms with Gasteiger partial charge in [0.25, 0.3) is 0 Å². The molecule has 1 saturated carbocycles. The van der Waals surface area contributed by atoms with Gasteiger partial charge in [-0.1, -0.05) is 61.7 Å². The Bertz CT molecular complexity index is 1150. The SMILES string of the molecule is CNc1ccc(-c2ccc(CN(C(=O)C3CCCCC3)c3cccc(/C=C/C(C)OC)c3)nc2)cc1. The number of amides is 1. The molecule has 1 aromatic heterocycles. The highest BCUT2D eigenvalue weighted by Crippen LogP contribution is 2.29. The van der Waals surface area contributed by atoms with Crippen molar-refractivity contribution in [2.45, 2.75) is 51.7 Å². The van der Waals surface area contributed by atoms with Crippen LogP contribution in [0.3, 0.4) is 0 Å². The molecule has 1 aliphatic carbocycles. The van der Waals surface area contributed by atoms with Crippen LogP contribution in [-0.2, 0) is 16.1 Å². The summed E-state index contributed by atoms with van der Waals surface area (Å²) in [4.78, 5) is 20.4. The summed E-state index contributed by atoms with van der Waals surface area (Å²) in [5, 5.41) is 3.15. The van der Waals surface area contributed by atoms with E-state index in [2.05, 4.69) is 47.8 Å². The molecule has 0 radical (unpaired) electrons. The number of nitrogens with zero attached hydrogens (tertiary/aromatic N) is 2. The molecular weight excluding hydrogens is 446 g/mol. The summed E-state index contributed by atoms with van der Waals surface area (Å²) < 4.78 is 5.34. The molecule has 1 amide bonds. The molecular formula is C31H37N3O2. The van der Waals surface area contributed by atoms with Gasteiger partial charge < -0.3 is 15.0 Å². The smallest absolute Gasteiger partial charge is 0.230 e. The lowest BCUT2D eigenvalue weighted by atomic mass is 9.88. The lowest BCUT2D eigenvalue weighted by molar-refractivity contribution is -0.123. The van der Waals surface area contributed by atoms with Gasteiger partial charge in [-0.3, -0.25) is 9.78 Å². The van der Waals surface area contributed by atoms with Gasteiger partial charge in [0, 0.05) is 43.2 Å². The largest absolute Gasteiger partial charge is 0.388 e. The number of aromatic nitrogens is 1. The number of rotatable bonds is 9. The summed E-state index contributed by atoms with van der Waals surface area (Å²) in [6.45, 7) is 2.46. The lowest BCUT2D eigenvalue weighted by Gasteiger charge is -2.29. The summed E-state index contributed by atoms with van der Waals surface area (Å²) in [6.07, 6.45) is 11.4. The monoisotopic (exact) mass is 483 g/mol. The number of carbonyl (C=O) groups is 1. The van der Waals surface area contributed by atoms with Crippen LogP contribution in [0.2, 0.25) is 0 Å². The van der Waals surface area contributed by atoms with Gasteiger partial charge in [0.15, 0.2) is 0 Å². The Morgan fingerprint density at radius 2 is 1.83 bits per heavy atom. The fourth-order valence-electron chi connectivity index (χ4n) is 4.67. The number of pyridine rings is 1. The normalized spacial score (nSPS) is 15.1. The first-order valence-electron chi connectivity index (χ1n) is 12.9. The Kier molecular flexibility index (Phi) is 8.90. The predicted octanol–water partition coefficient (Wildman–Crippen LogP) is 6.95. The highest BCUT2D eigenvalue weighted by atomic mass is 16.5. The third-order valence-corrected chi connectivity index (χ3v) is 6.99. The molecule has 2 aromatic carbocycles. The minimum Gasteiger partial charge on any atom is -0.388 e. The van der Waals surface area contributed by atoms with Crippen LogP contribution >= 0.6 is 0 Å². The fraction of sp³-hybridized carbons (Fsp3) is 0.355. The van der Waals surface area contributed by atoms with E-state index in [0.29, 0.717) is 6.54 Å². The van der Waals surface area contributed by atoms with Crippen molar-refractivity contribution in [3.63, 3.8) is 0 Å². The second-order valence-electron chi connectivity index (χ2n) is 9.52. The lowest BCUT2D eigenvalue weighted by Crippen LogP contribution is -2.37. The molecule has 1 fully saturated rings. The molecule has 1 N–H and O–H groups in total. The van der Waals surface area contributed by atoms with Gasteiger partial charge in [-0.25, -0.2) is 0 Å². The zero-order valence-corrected chi connectivity index (χ0v) is 21.6. The molecule has 5 heteroatoms. The standard InChI is InChI=1S/C31H37N3O2/c1-23(36-3)12-13-24-8-7-11-30(20-24)34(31(35)26-9-5-4-6-10-26)22-29-19-16-27(21-33-29)25-14-17-28(32-2)18-15-25/h7-8,11-21,23,26,32H,4-6,9-10,22H2,1-3H3/b13-12+. The molecule has 36 heavy (non-hydrogen) atoms. The van der Waals surface area contributed by atoms with Crippen LogP contribution in [0.1, 0.15) is 50.3 Å². The number of carbonyl (C=O) groups excluding carboxylic acids is 1. The molecule has 0 spiro atoms. The van der Waals surface area contributed by atoms with E-state index in [1.54, 1.807) is 7.11 Å². The Hall–Kier alpha value is -3.44. The van der Waals surface area contributed by atoms with E-state index in [1.165, 1.54) is 6.42 Å². The average Bonchev–Trinajstić information content (AvgIpc) is 2.95. The van der Waals surface area contributed by atoms with E-state index in [-0.39, 0.29) is 17.9 Å². The van der Waals surface area contributed by atoms with Crippen LogP contribution in [0.4, 0.5) is 11.4 Å². The first-order valence-corrected chi connectivity index (χ1v) is 12.9. The van der Waals surface area contributed by atoms with Crippen LogP contribution < -0.4 is 10.2 Å². The van der Waals surface area contributed by atoms with Crippen molar-refractivity contribution in [2.75, 3.05) is 24.4 Å². The predicted molar refractivity (Wildman–Crippen MR) is 149 cm³/mol. The molecule has 1 aliphatic rings. The van der Waals surface area contributed by atoms with Crippen molar-refractivity contribution in [2.24, 2.45) is 5.92 Å². The fourth-order valence-corrected chi connectivity index (χ4v) is 4.67. The van der Waals surface area contributed by atoms with Crippen molar-refractivity contribution >= 4 is 23.4 Å². The maximum atomic E-state index is 13.7. The summed E-state index contributed by atoms with van der Waals surface area (Å²) in [5.74, 6) is 0.283. The Morgan fingerprint density at radius 1 is 1.08 bits per heavy atom. The number of anilines is 2. The van der Waals surface area contributed by atoms with E-state index < -0.39 is 0 Å². The minimum atomic E-state index is 0.0331. The first kappa shape index (κ1) is 25.6. The molecule has 0 bridgehead atoms. The maximum absolute atomic E-state index is 13.7. The molecule has 1 heterocycles. The molecule has 0 saturated heterocycles. The molecule has 4 rings (SSSR count). The van der Waals surface area contributed by atoms with E-state index in [1.807, 2.05) is 55.4 Å². The number of ether oxygens (including phenoxy) is 1. The summed E-state index contributed by atoms with van der Waals surface area (Å²) in [6, 6.07) is 20.6. The van der Waals surface area contributed by atoms with Crippen LogP contribution in [0.25, 0.3) is 17.2 Å². The van der Waals surface area contributed by atoms with E-state index >= 15 is 0 Å². The van der Waals surface area contributed by atoms with Crippen molar-refractivity contribution < 1.29 is 9.53 Å². The summed E-state index contributed by atoms with van der Waals surface area (Å²) in [5.41, 5.74) is 6.09. The van der Waals surface area contributed by atoms with Gasteiger partial charge in [0.05, 0.1) is 18.3 Å². The van der Waals surface area contributed by atoms with Crippen molar-refractivity contribution in [1.29, 1.82) is 0 Å². The minimum absolute atomic E-state index is 0.0331. The van der Waals surface area contributed by atoms with Gasteiger partial charge in [-0.05, 0) is 61.2 Å². The number of methoxy groups -OCH3 is 1. The number of hydrogen-bond donors (Lipinski definition) is 1. The Morgan fingerprint density at radius 3 is 2.50 bits per heavy atom. The zero-order chi connectivity index (χ0) is 25.3. The van der Waals surface area contributed by atoms with Gasteiger partial charge in [-0.2, -0.15) is 0 Å². The maximum Gasteiger partial charge on any atom is 0.230 e. The van der Waals surface area contributed by atoms with Crippen LogP contribution in [0.15, 0.2) is 72.9 Å². The van der Waals surface area contributed by atoms with Crippen molar-refractivity contribution in [3.8, 4) is 11.1 Å². The molecule has 5 nitrogen and oxygen atoms in total. The summed E-state index contributed by atoms with van der Waals surface area (Å²) >= 11 is 0. The Labute approximate surface area is 215 Å². The highest BCUT2D eigenvalue weighted by molar-refractivity contribution is 5.95. The third-order valence-electron chi connectivity index (χ3n) is 6.99. The number of hydrogen-bond acceptors (Lipinski definition) is 4. The average molecular weight is 484 g/mol. The quantitative estimate of drug-likeness (QED) is 0.358. The first-order chi connectivity index (χ1) is 17.6. The molecule has 0 aliphatic heterocycles. The highest BCUT2D eigenvalue weighted by Gasteiger charge is 2.27. The van der Waals surface area contributed by atoms with Crippen LogP contribution in [0.5, 0.6) is 0 Å². The topological polar surface area (TPSA) is 54.5 Å². The molecule has 3 aromatic rings. The zero-order valence-electron chi connectivity index (χ0n) is 21.6. The van der Waals surface area contributed by atoms with Gasteiger partial charge >= 0.3 is 0 Å². The summed E-state index contributed by atoms with van der Waals surface area (Å²) in [7, 11) is 3.61. The van der Waals surface area contributed by atoms with Gasteiger partial charge in [0.2, 0.25) is 5.91 Å². The van der Waals surface area contributed by atoms with Crippen molar-refractivity contribution in [1.82, 2.24) is 4.98 Å². The number of benzene rings is 2. The molecule has 1 atom stereocenters. The molecule has 1 unspecified atom stereocenters. The van der Waals surface area contributed by atoms with Crippen LogP contribution in [-0.4, -0.2) is 31.2 Å². The number of nitrogens with one attached hydrogen (secondary N) is 1. The van der Waals surface area contributed by atoms with Gasteiger partial charge in [0.1, 0.15) is 0 Å². The second-order valence-corrected chi connectivity index (χ2v) is 9.52. The Balaban J connectivity index is 1.58. The van der Waals surface area contributed by atoms with Crippen molar-refractivity contribution in [3.05, 3.63) is 84.2 Å². The van der Waals surface area contributed by atoms with Crippen LogP contribution in [0, 0.1) is 5.92 Å².